The largest absolute Gasteiger partial charge is 0.326 e. The van der Waals surface area contributed by atoms with Crippen molar-refractivity contribution >= 4 is 21.4 Å². The van der Waals surface area contributed by atoms with Crippen molar-refractivity contribution in [2.24, 2.45) is 0 Å². The van der Waals surface area contributed by atoms with E-state index in [1.165, 1.54) is 6.26 Å². The highest BCUT2D eigenvalue weighted by atomic mass is 32.2. The lowest BCUT2D eigenvalue weighted by Crippen LogP contribution is -2.28. The summed E-state index contributed by atoms with van der Waals surface area (Å²) in [5, 5.41) is 2.71. The van der Waals surface area contributed by atoms with Crippen LogP contribution in [0.25, 0.3) is 0 Å². The summed E-state index contributed by atoms with van der Waals surface area (Å²) in [6, 6.07) is 9.04. The van der Waals surface area contributed by atoms with Gasteiger partial charge >= 0.3 is 0 Å². The van der Waals surface area contributed by atoms with Gasteiger partial charge in [0, 0.05) is 18.4 Å². The van der Waals surface area contributed by atoms with Crippen molar-refractivity contribution in [3.63, 3.8) is 0 Å². The molecule has 5 heteroatoms. The number of anilines is 1. The molecule has 92 valence electrons. The van der Waals surface area contributed by atoms with E-state index in [1.807, 2.05) is 18.2 Å². The normalized spacial score (nSPS) is 17.5. The van der Waals surface area contributed by atoms with Gasteiger partial charge in [0.1, 0.15) is 0 Å². The number of carbonyl (C=O) groups is 1. The minimum absolute atomic E-state index is 0.0563. The fourth-order valence-electron chi connectivity index (χ4n) is 1.84. The molecule has 0 spiro atoms. The third-order valence-corrected chi connectivity index (χ3v) is 5.26. The van der Waals surface area contributed by atoms with E-state index in [1.54, 1.807) is 12.1 Å². The van der Waals surface area contributed by atoms with E-state index in [4.69, 9.17) is 0 Å². The van der Waals surface area contributed by atoms with Crippen LogP contribution in [0.5, 0.6) is 0 Å². The van der Waals surface area contributed by atoms with Gasteiger partial charge in [-0.05, 0) is 25.0 Å². The summed E-state index contributed by atoms with van der Waals surface area (Å²) in [5.41, 5.74) is 0.696. The SMILES string of the molecule is CS(=O)(=O)C1(CC(=O)Nc2ccccc2)CC1. The highest BCUT2D eigenvalue weighted by Crippen LogP contribution is 2.46. The first kappa shape index (κ1) is 12.1. The molecule has 2 rings (SSSR count). The van der Waals surface area contributed by atoms with E-state index in [0.29, 0.717) is 18.5 Å². The van der Waals surface area contributed by atoms with E-state index in [2.05, 4.69) is 5.32 Å². The lowest BCUT2D eigenvalue weighted by Gasteiger charge is -2.12. The fraction of sp³-hybridized carbons (Fsp3) is 0.417. The maximum absolute atomic E-state index is 11.7. The van der Waals surface area contributed by atoms with Crippen LogP contribution in [0.2, 0.25) is 0 Å². The van der Waals surface area contributed by atoms with Crippen LogP contribution in [-0.4, -0.2) is 25.3 Å². The van der Waals surface area contributed by atoms with E-state index >= 15 is 0 Å². The van der Waals surface area contributed by atoms with Crippen molar-refractivity contribution < 1.29 is 13.2 Å². The minimum Gasteiger partial charge on any atom is -0.326 e. The van der Waals surface area contributed by atoms with Crippen LogP contribution in [0.3, 0.4) is 0 Å². The van der Waals surface area contributed by atoms with Crippen molar-refractivity contribution in [3.8, 4) is 0 Å². The maximum atomic E-state index is 11.7. The van der Waals surface area contributed by atoms with Gasteiger partial charge in [-0.2, -0.15) is 0 Å². The van der Waals surface area contributed by atoms with Gasteiger partial charge in [-0.25, -0.2) is 8.42 Å². The summed E-state index contributed by atoms with van der Waals surface area (Å²) in [6.07, 6.45) is 2.44. The quantitative estimate of drug-likeness (QED) is 0.886. The fourth-order valence-corrected chi connectivity index (χ4v) is 3.07. The second kappa shape index (κ2) is 4.14. The van der Waals surface area contributed by atoms with Gasteiger partial charge in [0.2, 0.25) is 5.91 Å². The van der Waals surface area contributed by atoms with Gasteiger partial charge in [0.15, 0.2) is 9.84 Å². The summed E-state index contributed by atoms with van der Waals surface area (Å²) in [5.74, 6) is -0.237. The Hall–Kier alpha value is -1.36. The summed E-state index contributed by atoms with van der Waals surface area (Å²) >= 11 is 0. The van der Waals surface area contributed by atoms with E-state index in [9.17, 15) is 13.2 Å². The third kappa shape index (κ3) is 2.66. The second-order valence-corrected chi connectivity index (χ2v) is 6.96. The predicted molar refractivity (Wildman–Crippen MR) is 66.5 cm³/mol. The summed E-state index contributed by atoms with van der Waals surface area (Å²) in [6.45, 7) is 0. The molecule has 0 saturated heterocycles. The molecule has 1 amide bonds. The molecule has 17 heavy (non-hydrogen) atoms. The van der Waals surface area contributed by atoms with E-state index < -0.39 is 14.6 Å². The highest BCUT2D eigenvalue weighted by molar-refractivity contribution is 7.92. The molecular weight excluding hydrogens is 238 g/mol. The maximum Gasteiger partial charge on any atom is 0.225 e. The number of hydrogen-bond acceptors (Lipinski definition) is 3. The minimum atomic E-state index is -3.14. The van der Waals surface area contributed by atoms with Crippen molar-refractivity contribution in [2.45, 2.75) is 24.0 Å². The molecule has 0 atom stereocenters. The first-order valence-corrected chi connectivity index (χ1v) is 7.37. The number of rotatable bonds is 4. The molecule has 4 nitrogen and oxygen atoms in total. The Labute approximate surface area is 101 Å². The lowest BCUT2D eigenvalue weighted by atomic mass is 10.2. The monoisotopic (exact) mass is 253 g/mol. The Morgan fingerprint density at radius 2 is 1.88 bits per heavy atom. The van der Waals surface area contributed by atoms with Crippen molar-refractivity contribution in [1.82, 2.24) is 0 Å². The van der Waals surface area contributed by atoms with Crippen LogP contribution in [-0.2, 0) is 14.6 Å². The van der Waals surface area contributed by atoms with Crippen LogP contribution >= 0.6 is 0 Å². The number of para-hydroxylation sites is 1. The summed E-state index contributed by atoms with van der Waals surface area (Å²) < 4.78 is 22.2. The molecule has 0 aromatic heterocycles. The summed E-state index contributed by atoms with van der Waals surface area (Å²) in [7, 11) is -3.14. The third-order valence-electron chi connectivity index (χ3n) is 3.13. The van der Waals surface area contributed by atoms with Gasteiger partial charge < -0.3 is 5.32 Å². The van der Waals surface area contributed by atoms with Crippen LogP contribution in [0, 0.1) is 0 Å². The van der Waals surface area contributed by atoms with Gasteiger partial charge in [0.05, 0.1) is 4.75 Å². The first-order chi connectivity index (χ1) is 7.93. The average Bonchev–Trinajstić information content (AvgIpc) is 2.99. The number of sulfone groups is 1. The van der Waals surface area contributed by atoms with Crippen molar-refractivity contribution in [3.05, 3.63) is 30.3 Å². The standard InChI is InChI=1S/C12H15NO3S/c1-17(15,16)12(7-8-12)9-11(14)13-10-5-3-2-4-6-10/h2-6H,7-9H2,1H3,(H,13,14). The lowest BCUT2D eigenvalue weighted by molar-refractivity contribution is -0.116. The van der Waals surface area contributed by atoms with Crippen molar-refractivity contribution in [1.29, 1.82) is 0 Å². The Morgan fingerprint density at radius 3 is 2.35 bits per heavy atom. The van der Waals surface area contributed by atoms with E-state index in [0.717, 1.165) is 0 Å². The van der Waals surface area contributed by atoms with Crippen molar-refractivity contribution in [2.75, 3.05) is 11.6 Å². The number of amides is 1. The molecule has 1 aliphatic rings. The molecule has 0 aliphatic heterocycles. The van der Waals surface area contributed by atoms with Crippen LogP contribution in [0.15, 0.2) is 30.3 Å². The molecule has 1 saturated carbocycles. The first-order valence-electron chi connectivity index (χ1n) is 5.47. The van der Waals surface area contributed by atoms with Crippen LogP contribution in [0.1, 0.15) is 19.3 Å². The molecular formula is C12H15NO3S. The Balaban J connectivity index is 2.00. The highest BCUT2D eigenvalue weighted by Gasteiger charge is 2.53. The Kier molecular flexibility index (Phi) is 2.95. The molecule has 1 fully saturated rings. The van der Waals surface area contributed by atoms with Crippen LogP contribution in [0.4, 0.5) is 5.69 Å². The Bertz CT molecular complexity index is 518. The molecule has 1 aliphatic carbocycles. The topological polar surface area (TPSA) is 63.2 Å². The second-order valence-electron chi connectivity index (χ2n) is 4.55. The van der Waals surface area contributed by atoms with Gasteiger partial charge in [-0.1, -0.05) is 18.2 Å². The average molecular weight is 253 g/mol. The van der Waals surface area contributed by atoms with Gasteiger partial charge in [-0.3, -0.25) is 4.79 Å². The molecule has 1 N–H and O–H groups in total. The predicted octanol–water partition coefficient (Wildman–Crippen LogP) is 1.59. The van der Waals surface area contributed by atoms with Gasteiger partial charge in [-0.15, -0.1) is 0 Å². The molecule has 0 radical (unpaired) electrons. The molecule has 1 aromatic rings. The zero-order valence-corrected chi connectivity index (χ0v) is 10.5. The number of carbonyl (C=O) groups excluding carboxylic acids is 1. The van der Waals surface area contributed by atoms with Gasteiger partial charge in [0.25, 0.3) is 0 Å². The Morgan fingerprint density at radius 1 is 1.29 bits per heavy atom. The number of nitrogens with one attached hydrogen (secondary N) is 1. The zero-order chi connectivity index (χ0) is 12.5. The summed E-state index contributed by atoms with van der Waals surface area (Å²) in [4.78, 5) is 11.7. The van der Waals surface area contributed by atoms with E-state index in [-0.39, 0.29) is 12.3 Å². The zero-order valence-electron chi connectivity index (χ0n) is 9.64. The smallest absolute Gasteiger partial charge is 0.225 e. The molecule has 1 aromatic carbocycles. The molecule has 0 heterocycles. The van der Waals surface area contributed by atoms with Crippen LogP contribution < -0.4 is 5.32 Å². The molecule has 0 bridgehead atoms. The molecule has 0 unspecified atom stereocenters. The number of benzene rings is 1. The number of hydrogen-bond donors (Lipinski definition) is 1.